The van der Waals surface area contributed by atoms with Gasteiger partial charge in [0, 0.05) is 6.54 Å². The molecule has 1 aliphatic heterocycles. The maximum Gasteiger partial charge on any atom is 0.411 e. The van der Waals surface area contributed by atoms with E-state index in [1.54, 1.807) is 4.90 Å². The molecule has 0 radical (unpaired) electrons. The molecule has 3 atom stereocenters. The Labute approximate surface area is 97.1 Å². The number of nitrogens with zero attached hydrogens (tertiary/aromatic N) is 1. The van der Waals surface area contributed by atoms with Gasteiger partial charge in [-0.05, 0) is 45.4 Å². The highest BCUT2D eigenvalue weighted by molar-refractivity contribution is 5.69. The highest BCUT2D eigenvalue weighted by Crippen LogP contribution is 2.47. The maximum atomic E-state index is 12.0. The molecule has 0 aromatic heterocycles. The van der Waals surface area contributed by atoms with Crippen LogP contribution < -0.4 is 0 Å². The maximum absolute atomic E-state index is 12.0. The average Bonchev–Trinajstić information content (AvgIpc) is 2.90. The molecule has 0 aromatic carbocycles. The summed E-state index contributed by atoms with van der Waals surface area (Å²) in [5.41, 5.74) is -0.448. The number of likely N-dealkylation sites (tertiary alicyclic amines) is 1. The zero-order chi connectivity index (χ0) is 11.9. The van der Waals surface area contributed by atoms with Gasteiger partial charge >= 0.3 is 6.09 Å². The van der Waals surface area contributed by atoms with Crippen molar-refractivity contribution in [3.8, 4) is 12.3 Å². The first kappa shape index (κ1) is 11.3. The van der Waals surface area contributed by atoms with Crippen LogP contribution >= 0.6 is 0 Å². The number of carbonyl (C=O) groups excluding carboxylic acids is 1. The van der Waals surface area contributed by atoms with Crippen LogP contribution in [0.3, 0.4) is 0 Å². The van der Waals surface area contributed by atoms with E-state index in [4.69, 9.17) is 11.2 Å². The van der Waals surface area contributed by atoms with Gasteiger partial charge in [-0.25, -0.2) is 4.79 Å². The summed E-state index contributed by atoms with van der Waals surface area (Å²) in [4.78, 5) is 13.7. The Bertz CT molecular complexity index is 337. The summed E-state index contributed by atoms with van der Waals surface area (Å²) in [6.45, 7) is 6.40. The molecule has 2 rings (SSSR count). The summed E-state index contributed by atoms with van der Waals surface area (Å²) >= 11 is 0. The van der Waals surface area contributed by atoms with Crippen molar-refractivity contribution in [2.24, 2.45) is 11.8 Å². The SMILES string of the molecule is C#CC1CC2CC2CN1C(=O)OC(C)(C)C. The molecule has 3 nitrogen and oxygen atoms in total. The molecule has 1 amide bonds. The highest BCUT2D eigenvalue weighted by atomic mass is 16.6. The number of carbonyl (C=O) groups is 1. The summed E-state index contributed by atoms with van der Waals surface area (Å²) in [5.74, 6) is 4.12. The van der Waals surface area contributed by atoms with Gasteiger partial charge in [0.15, 0.2) is 0 Å². The van der Waals surface area contributed by atoms with Crippen LogP contribution in [0.1, 0.15) is 33.6 Å². The van der Waals surface area contributed by atoms with Gasteiger partial charge in [-0.3, -0.25) is 4.90 Å². The molecule has 0 aromatic rings. The molecule has 16 heavy (non-hydrogen) atoms. The summed E-state index contributed by atoms with van der Waals surface area (Å²) in [6, 6.07) is -0.0707. The largest absolute Gasteiger partial charge is 0.444 e. The Morgan fingerprint density at radius 3 is 2.62 bits per heavy atom. The number of hydrogen-bond acceptors (Lipinski definition) is 2. The smallest absolute Gasteiger partial charge is 0.411 e. The number of rotatable bonds is 0. The molecule has 3 heteroatoms. The van der Waals surface area contributed by atoms with Gasteiger partial charge in [0.2, 0.25) is 0 Å². The number of fused-ring (bicyclic) bond motifs is 1. The predicted molar refractivity (Wildman–Crippen MR) is 61.8 cm³/mol. The van der Waals surface area contributed by atoms with E-state index in [9.17, 15) is 4.79 Å². The van der Waals surface area contributed by atoms with Crippen molar-refractivity contribution in [3.63, 3.8) is 0 Å². The quantitative estimate of drug-likeness (QED) is 0.587. The number of terminal acetylenes is 1. The van der Waals surface area contributed by atoms with Crippen molar-refractivity contribution in [2.45, 2.75) is 45.3 Å². The Hall–Kier alpha value is -1.17. The third-order valence-corrected chi connectivity index (χ3v) is 3.22. The number of hydrogen-bond donors (Lipinski definition) is 0. The van der Waals surface area contributed by atoms with Gasteiger partial charge in [0.25, 0.3) is 0 Å². The standard InChI is InChI=1S/C13H19NO2/c1-5-11-7-9-6-10(9)8-14(11)12(15)16-13(2,3)4/h1,9-11H,6-8H2,2-4H3. The predicted octanol–water partition coefficient (Wildman–Crippen LogP) is 2.27. The molecule has 1 aliphatic carbocycles. The van der Waals surface area contributed by atoms with Gasteiger partial charge in [-0.1, -0.05) is 5.92 Å². The van der Waals surface area contributed by atoms with Gasteiger partial charge in [0.05, 0.1) is 6.04 Å². The van der Waals surface area contributed by atoms with E-state index in [-0.39, 0.29) is 12.1 Å². The van der Waals surface area contributed by atoms with E-state index in [1.165, 1.54) is 6.42 Å². The second kappa shape index (κ2) is 3.69. The molecule has 88 valence electrons. The first-order valence-electron chi connectivity index (χ1n) is 5.86. The fourth-order valence-corrected chi connectivity index (χ4v) is 2.30. The molecule has 0 bridgehead atoms. The normalized spacial score (nSPS) is 32.6. The van der Waals surface area contributed by atoms with Crippen LogP contribution in [0.2, 0.25) is 0 Å². The molecule has 2 fully saturated rings. The van der Waals surface area contributed by atoms with E-state index in [2.05, 4.69) is 5.92 Å². The topological polar surface area (TPSA) is 29.5 Å². The van der Waals surface area contributed by atoms with E-state index >= 15 is 0 Å². The van der Waals surface area contributed by atoms with Crippen molar-refractivity contribution in [1.29, 1.82) is 0 Å². The van der Waals surface area contributed by atoms with E-state index in [0.717, 1.165) is 18.9 Å². The lowest BCUT2D eigenvalue weighted by Crippen LogP contribution is -2.46. The zero-order valence-electron chi connectivity index (χ0n) is 10.2. The lowest BCUT2D eigenvalue weighted by molar-refractivity contribution is 0.0148. The first-order chi connectivity index (χ1) is 7.40. The summed E-state index contributed by atoms with van der Waals surface area (Å²) in [7, 11) is 0. The van der Waals surface area contributed by atoms with Crippen LogP contribution in [0.25, 0.3) is 0 Å². The number of piperidine rings is 1. The lowest BCUT2D eigenvalue weighted by Gasteiger charge is -2.33. The van der Waals surface area contributed by atoms with Crippen LogP contribution in [0.5, 0.6) is 0 Å². The van der Waals surface area contributed by atoms with Gasteiger partial charge in [0.1, 0.15) is 5.60 Å². The summed E-state index contributed by atoms with van der Waals surface area (Å²) in [5, 5.41) is 0. The minimum absolute atomic E-state index is 0.0707. The molecule has 1 saturated carbocycles. The molecular weight excluding hydrogens is 202 g/mol. The van der Waals surface area contributed by atoms with Crippen molar-refractivity contribution in [3.05, 3.63) is 0 Å². The van der Waals surface area contributed by atoms with Gasteiger partial charge in [-0.2, -0.15) is 0 Å². The van der Waals surface area contributed by atoms with E-state index in [0.29, 0.717) is 5.92 Å². The zero-order valence-corrected chi connectivity index (χ0v) is 10.2. The van der Waals surface area contributed by atoms with Crippen molar-refractivity contribution in [2.75, 3.05) is 6.54 Å². The Morgan fingerprint density at radius 2 is 2.06 bits per heavy atom. The van der Waals surface area contributed by atoms with Crippen LogP contribution in [-0.2, 0) is 4.74 Å². The Balaban J connectivity index is 2.01. The Morgan fingerprint density at radius 1 is 1.38 bits per heavy atom. The minimum Gasteiger partial charge on any atom is -0.444 e. The van der Waals surface area contributed by atoms with Crippen molar-refractivity contribution in [1.82, 2.24) is 4.90 Å². The molecule has 0 N–H and O–H groups in total. The lowest BCUT2D eigenvalue weighted by atomic mass is 10.0. The number of ether oxygens (including phenoxy) is 1. The second-order valence-corrected chi connectivity index (χ2v) is 5.81. The van der Waals surface area contributed by atoms with E-state index < -0.39 is 5.60 Å². The minimum atomic E-state index is -0.448. The third-order valence-electron chi connectivity index (χ3n) is 3.22. The fourth-order valence-electron chi connectivity index (χ4n) is 2.30. The van der Waals surface area contributed by atoms with Crippen LogP contribution in [-0.4, -0.2) is 29.2 Å². The van der Waals surface area contributed by atoms with Gasteiger partial charge in [-0.15, -0.1) is 6.42 Å². The molecule has 1 saturated heterocycles. The van der Waals surface area contributed by atoms with Gasteiger partial charge < -0.3 is 4.74 Å². The molecular formula is C13H19NO2. The Kier molecular flexibility index (Phi) is 2.61. The van der Waals surface area contributed by atoms with Crippen molar-refractivity contribution >= 4 is 6.09 Å². The summed E-state index contributed by atoms with van der Waals surface area (Å²) in [6.07, 6.45) is 7.38. The monoisotopic (exact) mass is 221 g/mol. The van der Waals surface area contributed by atoms with E-state index in [1.807, 2.05) is 20.8 Å². The highest BCUT2D eigenvalue weighted by Gasteiger charge is 2.47. The van der Waals surface area contributed by atoms with Crippen molar-refractivity contribution < 1.29 is 9.53 Å². The molecule has 2 aliphatic rings. The van der Waals surface area contributed by atoms with Crippen LogP contribution in [0, 0.1) is 24.2 Å². The third kappa shape index (κ3) is 2.32. The molecule has 1 heterocycles. The molecule has 3 unspecified atom stereocenters. The van der Waals surface area contributed by atoms with Crippen LogP contribution in [0.4, 0.5) is 4.79 Å². The average molecular weight is 221 g/mol. The second-order valence-electron chi connectivity index (χ2n) is 5.81. The fraction of sp³-hybridized carbons (Fsp3) is 0.769. The number of amides is 1. The molecule has 0 spiro atoms. The first-order valence-corrected chi connectivity index (χ1v) is 5.86. The van der Waals surface area contributed by atoms with Crippen LogP contribution in [0.15, 0.2) is 0 Å². The summed E-state index contributed by atoms with van der Waals surface area (Å²) < 4.78 is 5.37.